The van der Waals surface area contributed by atoms with E-state index in [1.54, 1.807) is 0 Å². The zero-order valence-electron chi connectivity index (χ0n) is 7.70. The Morgan fingerprint density at radius 3 is 2.55 bits per heavy atom. The second kappa shape index (κ2) is 8.35. The number of unbranched alkanes of at least 4 members (excludes halogenated alkanes) is 2. The van der Waals surface area contributed by atoms with Gasteiger partial charge in [-0.05, 0) is 19.4 Å². The van der Waals surface area contributed by atoms with Crippen molar-refractivity contribution >= 4 is 11.6 Å². The van der Waals surface area contributed by atoms with Crippen molar-refractivity contribution in [2.75, 3.05) is 13.1 Å². The van der Waals surface area contributed by atoms with Crippen LogP contribution in [-0.2, 0) is 0 Å². The van der Waals surface area contributed by atoms with Gasteiger partial charge in [0.05, 0.1) is 0 Å². The van der Waals surface area contributed by atoms with Crippen LogP contribution in [0.1, 0.15) is 39.5 Å². The maximum atomic E-state index is 5.92. The van der Waals surface area contributed by atoms with Gasteiger partial charge in [0.25, 0.3) is 0 Å². The van der Waals surface area contributed by atoms with Gasteiger partial charge in [0.2, 0.25) is 0 Å². The van der Waals surface area contributed by atoms with Crippen LogP contribution in [-0.4, -0.2) is 18.5 Å². The van der Waals surface area contributed by atoms with E-state index in [0.717, 1.165) is 19.5 Å². The fraction of sp³-hybridized carbons (Fsp3) is 1.00. The normalized spacial score (nSPS) is 13.4. The van der Waals surface area contributed by atoms with Gasteiger partial charge in [-0.1, -0.05) is 26.7 Å². The van der Waals surface area contributed by atoms with Crippen LogP contribution in [0.25, 0.3) is 0 Å². The van der Waals surface area contributed by atoms with E-state index in [4.69, 9.17) is 11.6 Å². The second-order valence-corrected chi connectivity index (χ2v) is 3.53. The summed E-state index contributed by atoms with van der Waals surface area (Å²) in [6.07, 6.45) is 4.96. The molecule has 0 rings (SSSR count). The third kappa shape index (κ3) is 8.15. The Balaban J connectivity index is 2.89. The van der Waals surface area contributed by atoms with Crippen molar-refractivity contribution in [2.45, 2.75) is 44.9 Å². The average Bonchev–Trinajstić information content (AvgIpc) is 2.04. The molecule has 0 aliphatic carbocycles. The zero-order chi connectivity index (χ0) is 8.53. The Morgan fingerprint density at radius 1 is 1.27 bits per heavy atom. The summed E-state index contributed by atoms with van der Waals surface area (Å²) in [6, 6.07) is 0. The van der Waals surface area contributed by atoms with E-state index >= 15 is 0 Å². The lowest BCUT2D eigenvalue weighted by Gasteiger charge is -2.07. The van der Waals surface area contributed by atoms with Gasteiger partial charge in [0.15, 0.2) is 0 Å². The predicted molar refractivity (Wildman–Crippen MR) is 52.3 cm³/mol. The standard InChI is InChI=1S/C9H20ClN/c1-3-5-6-7-11-8-9(10)4-2/h9,11H,3-8H2,1-2H3. The molecule has 0 aliphatic rings. The lowest BCUT2D eigenvalue weighted by atomic mass is 10.2. The minimum atomic E-state index is 0.316. The molecular weight excluding hydrogens is 158 g/mol. The summed E-state index contributed by atoms with van der Waals surface area (Å²) in [5.74, 6) is 0. The minimum Gasteiger partial charge on any atom is -0.315 e. The molecule has 0 amide bonds. The van der Waals surface area contributed by atoms with Crippen molar-refractivity contribution in [3.05, 3.63) is 0 Å². The van der Waals surface area contributed by atoms with E-state index in [9.17, 15) is 0 Å². The van der Waals surface area contributed by atoms with Crippen molar-refractivity contribution in [3.63, 3.8) is 0 Å². The van der Waals surface area contributed by atoms with E-state index in [-0.39, 0.29) is 0 Å². The molecule has 0 spiro atoms. The van der Waals surface area contributed by atoms with Gasteiger partial charge >= 0.3 is 0 Å². The Labute approximate surface area is 75.5 Å². The summed E-state index contributed by atoms with van der Waals surface area (Å²) >= 11 is 5.92. The van der Waals surface area contributed by atoms with Crippen molar-refractivity contribution in [3.8, 4) is 0 Å². The topological polar surface area (TPSA) is 12.0 Å². The molecule has 1 atom stereocenters. The van der Waals surface area contributed by atoms with Crippen molar-refractivity contribution in [1.82, 2.24) is 5.32 Å². The van der Waals surface area contributed by atoms with Crippen LogP contribution in [0.5, 0.6) is 0 Å². The van der Waals surface area contributed by atoms with Gasteiger partial charge < -0.3 is 5.32 Å². The Hall–Kier alpha value is 0.250. The fourth-order valence-electron chi connectivity index (χ4n) is 0.903. The smallest absolute Gasteiger partial charge is 0.0458 e. The summed E-state index contributed by atoms with van der Waals surface area (Å²) in [7, 11) is 0. The first-order chi connectivity index (χ1) is 5.31. The van der Waals surface area contributed by atoms with Gasteiger partial charge in [-0.15, -0.1) is 11.6 Å². The van der Waals surface area contributed by atoms with Crippen LogP contribution < -0.4 is 5.32 Å². The molecule has 0 aliphatic heterocycles. The van der Waals surface area contributed by atoms with Crippen molar-refractivity contribution < 1.29 is 0 Å². The van der Waals surface area contributed by atoms with Gasteiger partial charge in [0, 0.05) is 11.9 Å². The quantitative estimate of drug-likeness (QED) is 0.466. The molecule has 0 aromatic heterocycles. The van der Waals surface area contributed by atoms with Crippen LogP contribution in [0.3, 0.4) is 0 Å². The van der Waals surface area contributed by atoms with Crippen molar-refractivity contribution in [1.29, 1.82) is 0 Å². The van der Waals surface area contributed by atoms with E-state index in [0.29, 0.717) is 5.38 Å². The van der Waals surface area contributed by atoms with E-state index in [2.05, 4.69) is 19.2 Å². The first-order valence-corrected chi connectivity index (χ1v) is 5.09. The number of nitrogens with one attached hydrogen (secondary N) is 1. The van der Waals surface area contributed by atoms with E-state index < -0.39 is 0 Å². The molecule has 0 saturated carbocycles. The molecule has 11 heavy (non-hydrogen) atoms. The molecule has 0 bridgehead atoms. The monoisotopic (exact) mass is 177 g/mol. The van der Waals surface area contributed by atoms with Gasteiger partial charge in [-0.2, -0.15) is 0 Å². The summed E-state index contributed by atoms with van der Waals surface area (Å²) in [5, 5.41) is 3.66. The molecule has 1 unspecified atom stereocenters. The third-order valence-electron chi connectivity index (χ3n) is 1.77. The molecule has 68 valence electrons. The predicted octanol–water partition coefficient (Wildman–Crippen LogP) is 2.78. The molecule has 2 heteroatoms. The SMILES string of the molecule is CCCCCNCC(Cl)CC. The van der Waals surface area contributed by atoms with E-state index in [1.165, 1.54) is 19.3 Å². The van der Waals surface area contributed by atoms with Crippen LogP contribution in [0, 0.1) is 0 Å². The number of halogens is 1. The fourth-order valence-corrected chi connectivity index (χ4v) is 1.01. The van der Waals surface area contributed by atoms with E-state index in [1.807, 2.05) is 0 Å². The zero-order valence-corrected chi connectivity index (χ0v) is 8.45. The maximum absolute atomic E-state index is 5.92. The largest absolute Gasteiger partial charge is 0.315 e. The highest BCUT2D eigenvalue weighted by Crippen LogP contribution is 1.98. The third-order valence-corrected chi connectivity index (χ3v) is 2.23. The molecule has 0 fully saturated rings. The number of hydrogen-bond donors (Lipinski definition) is 1. The van der Waals surface area contributed by atoms with Gasteiger partial charge in [-0.3, -0.25) is 0 Å². The Bertz CT molecular complexity index is 76.0. The summed E-state index contributed by atoms with van der Waals surface area (Å²) in [6.45, 7) is 6.42. The lowest BCUT2D eigenvalue weighted by Crippen LogP contribution is -2.23. The number of alkyl halides is 1. The minimum absolute atomic E-state index is 0.316. The average molecular weight is 178 g/mol. The molecule has 0 saturated heterocycles. The van der Waals surface area contributed by atoms with Crippen LogP contribution in [0.2, 0.25) is 0 Å². The second-order valence-electron chi connectivity index (χ2n) is 2.92. The summed E-state index contributed by atoms with van der Waals surface area (Å²) in [5.41, 5.74) is 0. The molecule has 0 aromatic rings. The molecule has 0 aromatic carbocycles. The summed E-state index contributed by atoms with van der Waals surface area (Å²) in [4.78, 5) is 0. The number of hydrogen-bond acceptors (Lipinski definition) is 1. The van der Waals surface area contributed by atoms with Crippen LogP contribution in [0.4, 0.5) is 0 Å². The first-order valence-electron chi connectivity index (χ1n) is 4.66. The molecular formula is C9H20ClN. The lowest BCUT2D eigenvalue weighted by molar-refractivity contribution is 0.599. The van der Waals surface area contributed by atoms with Crippen molar-refractivity contribution in [2.24, 2.45) is 0 Å². The molecule has 0 heterocycles. The molecule has 1 N–H and O–H groups in total. The molecule has 1 nitrogen and oxygen atoms in total. The van der Waals surface area contributed by atoms with Crippen LogP contribution in [0.15, 0.2) is 0 Å². The Kier molecular flexibility index (Phi) is 8.54. The highest BCUT2D eigenvalue weighted by molar-refractivity contribution is 6.20. The Morgan fingerprint density at radius 2 is 2.00 bits per heavy atom. The van der Waals surface area contributed by atoms with Crippen LogP contribution >= 0.6 is 11.6 Å². The highest BCUT2D eigenvalue weighted by Gasteiger charge is 1.98. The maximum Gasteiger partial charge on any atom is 0.0458 e. The summed E-state index contributed by atoms with van der Waals surface area (Å²) < 4.78 is 0. The molecule has 0 radical (unpaired) electrons. The first kappa shape index (κ1) is 11.2. The highest BCUT2D eigenvalue weighted by atomic mass is 35.5. The van der Waals surface area contributed by atoms with Gasteiger partial charge in [-0.25, -0.2) is 0 Å². The van der Waals surface area contributed by atoms with Gasteiger partial charge in [0.1, 0.15) is 0 Å². The number of rotatable bonds is 7.